The molecule has 26 heavy (non-hydrogen) atoms. The van der Waals surface area contributed by atoms with E-state index >= 15 is 0 Å². The highest BCUT2D eigenvalue weighted by atomic mass is 16.2. The van der Waals surface area contributed by atoms with Crippen LogP contribution in [0.25, 0.3) is 0 Å². The standard InChI is InChI=1S/C20H21N3O3/c1-21-18(24)12-13-2-8-16(9-3-13)22-20(26)15-6-10-17(11-7-15)23-19(25)14-4-5-14/h2-3,6-11,14H,4-5,12H2,1H3,(H,21,24)(H,22,26)(H,23,25). The van der Waals surface area contributed by atoms with E-state index in [1.54, 1.807) is 55.6 Å². The normalized spacial score (nSPS) is 13.0. The predicted octanol–water partition coefficient (Wildman–Crippen LogP) is 2.58. The number of carbonyl (C=O) groups is 3. The maximum Gasteiger partial charge on any atom is 0.255 e. The van der Waals surface area contributed by atoms with Gasteiger partial charge in [-0.3, -0.25) is 14.4 Å². The smallest absolute Gasteiger partial charge is 0.255 e. The Bertz CT molecular complexity index is 809. The molecule has 1 aliphatic carbocycles. The summed E-state index contributed by atoms with van der Waals surface area (Å²) in [6.07, 6.45) is 2.21. The summed E-state index contributed by atoms with van der Waals surface area (Å²) >= 11 is 0. The molecule has 0 saturated heterocycles. The highest BCUT2D eigenvalue weighted by molar-refractivity contribution is 6.04. The van der Waals surface area contributed by atoms with Crippen molar-refractivity contribution in [1.29, 1.82) is 0 Å². The van der Waals surface area contributed by atoms with Gasteiger partial charge in [-0.1, -0.05) is 12.1 Å². The molecule has 0 atom stereocenters. The lowest BCUT2D eigenvalue weighted by Crippen LogP contribution is -2.19. The number of anilines is 2. The Morgan fingerprint density at radius 2 is 1.46 bits per heavy atom. The van der Waals surface area contributed by atoms with Gasteiger partial charge < -0.3 is 16.0 Å². The van der Waals surface area contributed by atoms with E-state index in [1.165, 1.54) is 0 Å². The average molecular weight is 351 g/mol. The van der Waals surface area contributed by atoms with Crippen LogP contribution in [0.4, 0.5) is 11.4 Å². The molecule has 1 aliphatic rings. The fourth-order valence-electron chi connectivity index (χ4n) is 2.48. The minimum Gasteiger partial charge on any atom is -0.359 e. The molecule has 6 heteroatoms. The van der Waals surface area contributed by atoms with E-state index in [9.17, 15) is 14.4 Å². The maximum absolute atomic E-state index is 12.3. The zero-order chi connectivity index (χ0) is 18.5. The van der Waals surface area contributed by atoms with Gasteiger partial charge in [0.15, 0.2) is 0 Å². The molecule has 1 saturated carbocycles. The molecular formula is C20H21N3O3. The van der Waals surface area contributed by atoms with Crippen LogP contribution in [0, 0.1) is 5.92 Å². The van der Waals surface area contributed by atoms with Gasteiger partial charge in [0.05, 0.1) is 6.42 Å². The van der Waals surface area contributed by atoms with Crippen molar-refractivity contribution in [1.82, 2.24) is 5.32 Å². The van der Waals surface area contributed by atoms with Crippen LogP contribution in [0.15, 0.2) is 48.5 Å². The lowest BCUT2D eigenvalue weighted by atomic mass is 10.1. The number of amides is 3. The molecule has 3 N–H and O–H groups in total. The van der Waals surface area contributed by atoms with Crippen molar-refractivity contribution in [2.45, 2.75) is 19.3 Å². The van der Waals surface area contributed by atoms with Crippen molar-refractivity contribution >= 4 is 29.1 Å². The van der Waals surface area contributed by atoms with Gasteiger partial charge in [0.2, 0.25) is 11.8 Å². The molecule has 0 aliphatic heterocycles. The summed E-state index contributed by atoms with van der Waals surface area (Å²) < 4.78 is 0. The van der Waals surface area contributed by atoms with Crippen molar-refractivity contribution in [3.8, 4) is 0 Å². The van der Waals surface area contributed by atoms with Crippen molar-refractivity contribution in [2.24, 2.45) is 5.92 Å². The fraction of sp³-hybridized carbons (Fsp3) is 0.250. The number of likely N-dealkylation sites (N-methyl/N-ethyl adjacent to an activating group) is 1. The molecule has 0 unspecified atom stereocenters. The molecule has 3 amide bonds. The highest BCUT2D eigenvalue weighted by Crippen LogP contribution is 2.30. The van der Waals surface area contributed by atoms with Gasteiger partial charge in [0, 0.05) is 29.9 Å². The summed E-state index contributed by atoms with van der Waals surface area (Å²) in [7, 11) is 1.60. The first-order chi connectivity index (χ1) is 12.5. The Morgan fingerprint density at radius 3 is 2.04 bits per heavy atom. The van der Waals surface area contributed by atoms with Gasteiger partial charge in [-0.15, -0.1) is 0 Å². The Labute approximate surface area is 152 Å². The largest absolute Gasteiger partial charge is 0.359 e. The van der Waals surface area contributed by atoms with E-state index in [0.717, 1.165) is 18.4 Å². The topological polar surface area (TPSA) is 87.3 Å². The summed E-state index contributed by atoms with van der Waals surface area (Å²) in [5.74, 6) is -0.108. The van der Waals surface area contributed by atoms with E-state index in [4.69, 9.17) is 0 Å². The minimum atomic E-state index is -0.232. The third-order valence-corrected chi connectivity index (χ3v) is 4.22. The lowest BCUT2D eigenvalue weighted by molar-refractivity contribution is -0.120. The predicted molar refractivity (Wildman–Crippen MR) is 100.0 cm³/mol. The molecular weight excluding hydrogens is 330 g/mol. The van der Waals surface area contributed by atoms with Crippen LogP contribution in [0.1, 0.15) is 28.8 Å². The molecule has 0 spiro atoms. The Morgan fingerprint density at radius 1 is 0.885 bits per heavy atom. The molecule has 6 nitrogen and oxygen atoms in total. The van der Waals surface area contributed by atoms with Crippen LogP contribution < -0.4 is 16.0 Å². The fourth-order valence-corrected chi connectivity index (χ4v) is 2.48. The van der Waals surface area contributed by atoms with E-state index in [1.807, 2.05) is 0 Å². The summed E-state index contributed by atoms with van der Waals surface area (Å²) in [6, 6.07) is 13.9. The van der Waals surface area contributed by atoms with Crippen LogP contribution in [0.3, 0.4) is 0 Å². The molecule has 0 aromatic heterocycles. The van der Waals surface area contributed by atoms with Gasteiger partial charge in [-0.25, -0.2) is 0 Å². The first-order valence-electron chi connectivity index (χ1n) is 8.57. The SMILES string of the molecule is CNC(=O)Cc1ccc(NC(=O)c2ccc(NC(=O)C3CC3)cc2)cc1. The van der Waals surface area contributed by atoms with E-state index in [-0.39, 0.29) is 23.6 Å². The zero-order valence-electron chi connectivity index (χ0n) is 14.5. The first-order valence-corrected chi connectivity index (χ1v) is 8.57. The van der Waals surface area contributed by atoms with Crippen LogP contribution in [0.5, 0.6) is 0 Å². The Kier molecular flexibility index (Phi) is 5.31. The summed E-state index contributed by atoms with van der Waals surface area (Å²) in [5.41, 5.74) is 2.72. The second-order valence-electron chi connectivity index (χ2n) is 6.34. The van der Waals surface area contributed by atoms with Gasteiger partial charge in [-0.05, 0) is 54.8 Å². The van der Waals surface area contributed by atoms with Gasteiger partial charge in [0.25, 0.3) is 5.91 Å². The summed E-state index contributed by atoms with van der Waals surface area (Å²) in [6.45, 7) is 0. The number of rotatable bonds is 6. The number of benzene rings is 2. The van der Waals surface area contributed by atoms with Crippen LogP contribution in [0.2, 0.25) is 0 Å². The molecule has 1 fully saturated rings. The number of nitrogens with one attached hydrogen (secondary N) is 3. The lowest BCUT2D eigenvalue weighted by Gasteiger charge is -2.08. The molecule has 0 bridgehead atoms. The molecule has 3 rings (SSSR count). The minimum absolute atomic E-state index is 0.0408. The summed E-state index contributed by atoms with van der Waals surface area (Å²) in [5, 5.41) is 8.23. The molecule has 134 valence electrons. The molecule has 0 heterocycles. The Balaban J connectivity index is 1.57. The third-order valence-electron chi connectivity index (χ3n) is 4.22. The highest BCUT2D eigenvalue weighted by Gasteiger charge is 2.29. The quantitative estimate of drug-likeness (QED) is 0.747. The van der Waals surface area contributed by atoms with Crippen molar-refractivity contribution in [3.63, 3.8) is 0 Å². The van der Waals surface area contributed by atoms with Crippen molar-refractivity contribution < 1.29 is 14.4 Å². The van der Waals surface area contributed by atoms with Crippen LogP contribution in [-0.2, 0) is 16.0 Å². The number of hydrogen-bond acceptors (Lipinski definition) is 3. The Hall–Kier alpha value is -3.15. The van der Waals surface area contributed by atoms with E-state index in [2.05, 4.69) is 16.0 Å². The average Bonchev–Trinajstić information content (AvgIpc) is 3.49. The second kappa shape index (κ2) is 7.82. The van der Waals surface area contributed by atoms with E-state index < -0.39 is 0 Å². The summed E-state index contributed by atoms with van der Waals surface area (Å²) in [4.78, 5) is 35.4. The number of carbonyl (C=O) groups excluding carboxylic acids is 3. The number of hydrogen-bond donors (Lipinski definition) is 3. The molecule has 0 radical (unpaired) electrons. The first kappa shape index (κ1) is 17.7. The van der Waals surface area contributed by atoms with Gasteiger partial charge in [0.1, 0.15) is 0 Å². The second-order valence-corrected chi connectivity index (χ2v) is 6.34. The third kappa shape index (κ3) is 4.69. The van der Waals surface area contributed by atoms with Gasteiger partial charge >= 0.3 is 0 Å². The zero-order valence-corrected chi connectivity index (χ0v) is 14.5. The molecule has 2 aromatic carbocycles. The monoisotopic (exact) mass is 351 g/mol. The van der Waals surface area contributed by atoms with Gasteiger partial charge in [-0.2, -0.15) is 0 Å². The van der Waals surface area contributed by atoms with Crippen molar-refractivity contribution in [3.05, 3.63) is 59.7 Å². The van der Waals surface area contributed by atoms with E-state index in [0.29, 0.717) is 23.4 Å². The molecule has 2 aromatic rings. The van der Waals surface area contributed by atoms with Crippen molar-refractivity contribution in [2.75, 3.05) is 17.7 Å². The van der Waals surface area contributed by atoms with Crippen LogP contribution >= 0.6 is 0 Å². The van der Waals surface area contributed by atoms with Crippen LogP contribution in [-0.4, -0.2) is 24.8 Å². The maximum atomic E-state index is 12.3.